The molecule has 2 atom stereocenters. The zero-order valence-electron chi connectivity index (χ0n) is 11.3. The van der Waals surface area contributed by atoms with Gasteiger partial charge in [0, 0.05) is 17.2 Å². The maximum absolute atomic E-state index is 12.2. The number of hydrogen-bond donors (Lipinski definition) is 2. The molecule has 2 rings (SSSR count). The largest absolute Gasteiger partial charge is 0.349 e. The Morgan fingerprint density at radius 2 is 2.32 bits per heavy atom. The van der Waals surface area contributed by atoms with E-state index in [2.05, 4.69) is 24.1 Å². The third-order valence-electron chi connectivity index (χ3n) is 3.64. The van der Waals surface area contributed by atoms with Crippen molar-refractivity contribution < 1.29 is 4.79 Å². The highest BCUT2D eigenvalue weighted by molar-refractivity contribution is 5.94. The van der Waals surface area contributed by atoms with E-state index in [9.17, 15) is 4.79 Å². The van der Waals surface area contributed by atoms with Crippen molar-refractivity contribution in [3.63, 3.8) is 0 Å². The fourth-order valence-corrected chi connectivity index (χ4v) is 2.50. The smallest absolute Gasteiger partial charge is 0.251 e. The lowest BCUT2D eigenvalue weighted by atomic mass is 10.1. The first-order valence-corrected chi connectivity index (χ1v) is 6.80. The van der Waals surface area contributed by atoms with E-state index >= 15 is 0 Å². The standard InChI is InChI=1S/C16H20N2O/c1-12-5-2-9-15(12)18-16(19)14-8-3-6-13(11-14)7-4-10-17/h3,6,8,11-12,15H,2,5,9-10,17H2,1H3,(H,18,19). The van der Waals surface area contributed by atoms with Gasteiger partial charge in [-0.2, -0.15) is 0 Å². The van der Waals surface area contributed by atoms with Crippen LogP contribution in [0.5, 0.6) is 0 Å². The summed E-state index contributed by atoms with van der Waals surface area (Å²) in [6.45, 7) is 2.52. The van der Waals surface area contributed by atoms with Gasteiger partial charge in [-0.1, -0.05) is 31.3 Å². The van der Waals surface area contributed by atoms with Gasteiger partial charge in [-0.3, -0.25) is 4.79 Å². The number of carbonyl (C=O) groups is 1. The van der Waals surface area contributed by atoms with E-state index in [-0.39, 0.29) is 5.91 Å². The van der Waals surface area contributed by atoms with E-state index in [1.807, 2.05) is 24.3 Å². The molecule has 2 unspecified atom stereocenters. The van der Waals surface area contributed by atoms with Crippen molar-refractivity contribution in [2.24, 2.45) is 11.7 Å². The first-order valence-electron chi connectivity index (χ1n) is 6.80. The molecule has 0 aliphatic heterocycles. The molecule has 3 nitrogen and oxygen atoms in total. The summed E-state index contributed by atoms with van der Waals surface area (Å²) < 4.78 is 0. The van der Waals surface area contributed by atoms with Crippen LogP contribution in [0.3, 0.4) is 0 Å². The van der Waals surface area contributed by atoms with Gasteiger partial charge in [0.15, 0.2) is 0 Å². The predicted molar refractivity (Wildman–Crippen MR) is 76.6 cm³/mol. The maximum atomic E-state index is 12.2. The molecule has 0 aromatic heterocycles. The summed E-state index contributed by atoms with van der Waals surface area (Å²) in [5.74, 6) is 6.31. The van der Waals surface area contributed by atoms with Gasteiger partial charge in [0.1, 0.15) is 0 Å². The van der Waals surface area contributed by atoms with Crippen molar-refractivity contribution in [2.75, 3.05) is 6.54 Å². The minimum absolute atomic E-state index is 0.00449. The van der Waals surface area contributed by atoms with Crippen LogP contribution in [0.1, 0.15) is 42.1 Å². The van der Waals surface area contributed by atoms with Gasteiger partial charge in [-0.15, -0.1) is 0 Å². The van der Waals surface area contributed by atoms with Crippen LogP contribution < -0.4 is 11.1 Å². The summed E-state index contributed by atoms with van der Waals surface area (Å²) in [5.41, 5.74) is 6.85. The lowest BCUT2D eigenvalue weighted by Gasteiger charge is -2.17. The second kappa shape index (κ2) is 6.40. The topological polar surface area (TPSA) is 55.1 Å². The molecular formula is C16H20N2O. The molecule has 1 aromatic rings. The van der Waals surface area contributed by atoms with Crippen molar-refractivity contribution in [3.8, 4) is 11.8 Å². The Balaban J connectivity index is 2.06. The van der Waals surface area contributed by atoms with Gasteiger partial charge in [0.25, 0.3) is 5.91 Å². The molecule has 1 fully saturated rings. The van der Waals surface area contributed by atoms with Crippen LogP contribution in [-0.2, 0) is 0 Å². The van der Waals surface area contributed by atoms with Gasteiger partial charge in [-0.05, 0) is 37.0 Å². The Morgan fingerprint density at radius 3 is 3.00 bits per heavy atom. The maximum Gasteiger partial charge on any atom is 0.251 e. The first kappa shape index (κ1) is 13.6. The molecule has 19 heavy (non-hydrogen) atoms. The molecule has 0 heterocycles. The van der Waals surface area contributed by atoms with Crippen LogP contribution >= 0.6 is 0 Å². The van der Waals surface area contributed by atoms with Crippen LogP contribution in [0.2, 0.25) is 0 Å². The summed E-state index contributed by atoms with van der Waals surface area (Å²) in [6.07, 6.45) is 3.49. The van der Waals surface area contributed by atoms with E-state index in [0.29, 0.717) is 24.1 Å². The number of hydrogen-bond acceptors (Lipinski definition) is 2. The monoisotopic (exact) mass is 256 g/mol. The number of amides is 1. The number of nitrogens with one attached hydrogen (secondary N) is 1. The molecule has 0 saturated heterocycles. The summed E-state index contributed by atoms with van der Waals surface area (Å²) in [5, 5.41) is 3.12. The van der Waals surface area contributed by atoms with E-state index in [1.165, 1.54) is 12.8 Å². The molecule has 0 bridgehead atoms. The Hall–Kier alpha value is -1.79. The van der Waals surface area contributed by atoms with Crippen LogP contribution in [0.15, 0.2) is 24.3 Å². The molecule has 100 valence electrons. The van der Waals surface area contributed by atoms with Gasteiger partial charge in [0.2, 0.25) is 0 Å². The van der Waals surface area contributed by atoms with Gasteiger partial charge >= 0.3 is 0 Å². The van der Waals surface area contributed by atoms with Gasteiger partial charge in [-0.25, -0.2) is 0 Å². The number of carbonyl (C=O) groups excluding carboxylic acids is 1. The Morgan fingerprint density at radius 1 is 1.47 bits per heavy atom. The lowest BCUT2D eigenvalue weighted by molar-refractivity contribution is 0.0929. The molecule has 1 saturated carbocycles. The average molecular weight is 256 g/mol. The van der Waals surface area contributed by atoms with Crippen molar-refractivity contribution in [2.45, 2.75) is 32.2 Å². The number of nitrogens with two attached hydrogens (primary N) is 1. The van der Waals surface area contributed by atoms with Crippen molar-refractivity contribution in [3.05, 3.63) is 35.4 Å². The lowest BCUT2D eigenvalue weighted by Crippen LogP contribution is -2.36. The molecule has 1 aliphatic carbocycles. The van der Waals surface area contributed by atoms with Crippen molar-refractivity contribution >= 4 is 5.91 Å². The molecule has 0 spiro atoms. The normalized spacial score (nSPS) is 21.6. The third kappa shape index (κ3) is 3.59. The Kier molecular flexibility index (Phi) is 4.59. The van der Waals surface area contributed by atoms with E-state index in [1.54, 1.807) is 0 Å². The predicted octanol–water partition coefficient (Wildman–Crippen LogP) is 1.92. The van der Waals surface area contributed by atoms with Gasteiger partial charge in [0.05, 0.1) is 6.54 Å². The fourth-order valence-electron chi connectivity index (χ4n) is 2.50. The van der Waals surface area contributed by atoms with Crippen LogP contribution in [-0.4, -0.2) is 18.5 Å². The zero-order valence-corrected chi connectivity index (χ0v) is 11.3. The minimum atomic E-state index is -0.00449. The average Bonchev–Trinajstić information content (AvgIpc) is 2.82. The molecule has 1 amide bonds. The SMILES string of the molecule is CC1CCCC1NC(=O)c1cccc(C#CCN)c1. The van der Waals surface area contributed by atoms with E-state index in [4.69, 9.17) is 5.73 Å². The minimum Gasteiger partial charge on any atom is -0.349 e. The quantitative estimate of drug-likeness (QED) is 0.794. The van der Waals surface area contributed by atoms with E-state index in [0.717, 1.165) is 12.0 Å². The van der Waals surface area contributed by atoms with Gasteiger partial charge < -0.3 is 11.1 Å². The van der Waals surface area contributed by atoms with Crippen molar-refractivity contribution in [1.82, 2.24) is 5.32 Å². The van der Waals surface area contributed by atoms with Crippen molar-refractivity contribution in [1.29, 1.82) is 0 Å². The zero-order chi connectivity index (χ0) is 13.7. The molecule has 1 aliphatic rings. The molecule has 0 radical (unpaired) electrons. The number of rotatable bonds is 2. The summed E-state index contributed by atoms with van der Waals surface area (Å²) in [7, 11) is 0. The highest BCUT2D eigenvalue weighted by Crippen LogP contribution is 2.25. The molecule has 3 N–H and O–H groups in total. The van der Waals surface area contributed by atoms with E-state index < -0.39 is 0 Å². The summed E-state index contributed by atoms with van der Waals surface area (Å²) >= 11 is 0. The second-order valence-corrected chi connectivity index (χ2v) is 5.07. The second-order valence-electron chi connectivity index (χ2n) is 5.07. The Bertz CT molecular complexity index is 513. The van der Waals surface area contributed by atoms with Crippen LogP contribution in [0.4, 0.5) is 0 Å². The first-order chi connectivity index (χ1) is 9.20. The Labute approximate surface area is 114 Å². The molecule has 1 aromatic carbocycles. The molecular weight excluding hydrogens is 236 g/mol. The highest BCUT2D eigenvalue weighted by atomic mass is 16.1. The molecule has 3 heteroatoms. The summed E-state index contributed by atoms with van der Waals surface area (Å²) in [4.78, 5) is 12.2. The third-order valence-corrected chi connectivity index (χ3v) is 3.64. The van der Waals surface area contributed by atoms with Crippen LogP contribution in [0, 0.1) is 17.8 Å². The summed E-state index contributed by atoms with van der Waals surface area (Å²) in [6, 6.07) is 7.69. The highest BCUT2D eigenvalue weighted by Gasteiger charge is 2.24. The number of benzene rings is 1. The fraction of sp³-hybridized carbons (Fsp3) is 0.438. The van der Waals surface area contributed by atoms with Crippen LogP contribution in [0.25, 0.3) is 0 Å².